The van der Waals surface area contributed by atoms with Gasteiger partial charge in [-0.05, 0) is 37.0 Å². The molecule has 0 aliphatic carbocycles. The fourth-order valence-electron chi connectivity index (χ4n) is 2.93. The van der Waals surface area contributed by atoms with Crippen molar-refractivity contribution in [3.63, 3.8) is 0 Å². The lowest BCUT2D eigenvalue weighted by atomic mass is 10.0. The topological polar surface area (TPSA) is 66.0 Å². The van der Waals surface area contributed by atoms with Gasteiger partial charge in [0.05, 0.1) is 7.11 Å². The molecule has 7 heteroatoms. The van der Waals surface area contributed by atoms with Gasteiger partial charge >= 0.3 is 0 Å². The second kappa shape index (κ2) is 11.2. The molecule has 2 rings (SSSR count). The van der Waals surface area contributed by atoms with Gasteiger partial charge in [0.15, 0.2) is 5.96 Å². The summed E-state index contributed by atoms with van der Waals surface area (Å²) in [5, 5.41) is 6.24. The van der Waals surface area contributed by atoms with Crippen LogP contribution < -0.4 is 15.4 Å². The minimum Gasteiger partial charge on any atom is -0.497 e. The molecule has 140 valence electrons. The Bertz CT molecular complexity index is 580. The maximum Gasteiger partial charge on any atom is 0.251 e. The number of hydrogen-bond acceptors (Lipinski definition) is 3. The van der Waals surface area contributed by atoms with Gasteiger partial charge in [-0.15, -0.1) is 24.0 Å². The predicted molar refractivity (Wildman–Crippen MR) is 112 cm³/mol. The van der Waals surface area contributed by atoms with Crippen LogP contribution in [-0.2, 0) is 0 Å². The molecule has 0 radical (unpaired) electrons. The van der Waals surface area contributed by atoms with E-state index in [2.05, 4.69) is 27.4 Å². The highest BCUT2D eigenvalue weighted by Gasteiger charge is 2.18. The van der Waals surface area contributed by atoms with Crippen LogP contribution in [0.2, 0.25) is 0 Å². The highest BCUT2D eigenvalue weighted by Crippen LogP contribution is 2.15. The van der Waals surface area contributed by atoms with E-state index >= 15 is 0 Å². The minimum absolute atomic E-state index is 0. The van der Waals surface area contributed by atoms with Crippen molar-refractivity contribution in [1.82, 2.24) is 15.5 Å². The Morgan fingerprint density at radius 3 is 2.80 bits per heavy atom. The van der Waals surface area contributed by atoms with Crippen LogP contribution in [0.3, 0.4) is 0 Å². The van der Waals surface area contributed by atoms with Gasteiger partial charge in [-0.3, -0.25) is 9.79 Å². The smallest absolute Gasteiger partial charge is 0.251 e. The van der Waals surface area contributed by atoms with Gasteiger partial charge in [0, 0.05) is 38.8 Å². The monoisotopic (exact) mass is 460 g/mol. The summed E-state index contributed by atoms with van der Waals surface area (Å²) in [7, 11) is 3.39. The van der Waals surface area contributed by atoms with Crippen molar-refractivity contribution < 1.29 is 9.53 Å². The van der Waals surface area contributed by atoms with E-state index in [0.717, 1.165) is 19.0 Å². The molecule has 1 aromatic rings. The summed E-state index contributed by atoms with van der Waals surface area (Å²) in [6.45, 7) is 5.54. The van der Waals surface area contributed by atoms with Gasteiger partial charge in [-0.1, -0.05) is 13.0 Å². The highest BCUT2D eigenvalue weighted by atomic mass is 127. The van der Waals surface area contributed by atoms with Gasteiger partial charge in [0.25, 0.3) is 5.91 Å². The number of halogens is 1. The zero-order chi connectivity index (χ0) is 17.4. The standard InChI is InChI=1S/C18H28N4O2.HI/c1-14-6-5-11-22(13-14)18(19-2)21-10-9-20-17(23)15-7-4-8-16(12-15)24-3;/h4,7-8,12,14H,5-6,9-11,13H2,1-3H3,(H,19,21)(H,20,23);1H. The van der Waals surface area contributed by atoms with Crippen molar-refractivity contribution in [2.75, 3.05) is 40.3 Å². The number of amides is 1. The third-order valence-electron chi connectivity index (χ3n) is 4.19. The molecular weight excluding hydrogens is 431 g/mol. The molecule has 1 unspecified atom stereocenters. The quantitative estimate of drug-likeness (QED) is 0.307. The van der Waals surface area contributed by atoms with Crippen LogP contribution in [0.4, 0.5) is 0 Å². The molecule has 0 bridgehead atoms. The summed E-state index contributed by atoms with van der Waals surface area (Å²) < 4.78 is 5.14. The molecule has 1 amide bonds. The van der Waals surface area contributed by atoms with E-state index in [4.69, 9.17) is 4.74 Å². The number of carbonyl (C=O) groups excluding carboxylic acids is 1. The Hall–Kier alpha value is -1.51. The van der Waals surface area contributed by atoms with Crippen LogP contribution in [-0.4, -0.2) is 57.1 Å². The predicted octanol–water partition coefficient (Wildman–Crippen LogP) is 2.35. The third-order valence-corrected chi connectivity index (χ3v) is 4.19. The first-order valence-corrected chi connectivity index (χ1v) is 8.52. The molecule has 1 aliphatic heterocycles. The van der Waals surface area contributed by atoms with E-state index in [1.807, 2.05) is 12.1 Å². The lowest BCUT2D eigenvalue weighted by molar-refractivity contribution is 0.0954. The van der Waals surface area contributed by atoms with Gasteiger partial charge in [0.2, 0.25) is 0 Å². The molecule has 25 heavy (non-hydrogen) atoms. The minimum atomic E-state index is -0.0997. The first-order valence-electron chi connectivity index (χ1n) is 8.52. The largest absolute Gasteiger partial charge is 0.497 e. The van der Waals surface area contributed by atoms with E-state index in [1.54, 1.807) is 26.3 Å². The second-order valence-electron chi connectivity index (χ2n) is 6.16. The number of benzene rings is 1. The van der Waals surface area contributed by atoms with Crippen LogP contribution in [0.5, 0.6) is 5.75 Å². The van der Waals surface area contributed by atoms with E-state index in [1.165, 1.54) is 12.8 Å². The molecule has 1 aliphatic rings. The first-order chi connectivity index (χ1) is 11.6. The number of ether oxygens (including phenoxy) is 1. The molecule has 0 aromatic heterocycles. The Labute approximate surface area is 167 Å². The molecule has 1 fully saturated rings. The van der Waals surface area contributed by atoms with Gasteiger partial charge in [-0.2, -0.15) is 0 Å². The molecule has 1 aromatic carbocycles. The number of guanidine groups is 1. The van der Waals surface area contributed by atoms with Crippen LogP contribution in [0.25, 0.3) is 0 Å². The second-order valence-corrected chi connectivity index (χ2v) is 6.16. The van der Waals surface area contributed by atoms with Crippen LogP contribution in [0, 0.1) is 5.92 Å². The maximum absolute atomic E-state index is 12.1. The lowest BCUT2D eigenvalue weighted by Gasteiger charge is -2.33. The summed E-state index contributed by atoms with van der Waals surface area (Å²) in [5.74, 6) is 2.19. The third kappa shape index (κ3) is 6.72. The van der Waals surface area contributed by atoms with Crippen molar-refractivity contribution in [2.24, 2.45) is 10.9 Å². The maximum atomic E-state index is 12.1. The molecule has 1 atom stereocenters. The molecule has 2 N–H and O–H groups in total. The zero-order valence-electron chi connectivity index (χ0n) is 15.2. The van der Waals surface area contributed by atoms with Gasteiger partial charge in [-0.25, -0.2) is 0 Å². The van der Waals surface area contributed by atoms with E-state index < -0.39 is 0 Å². The Morgan fingerprint density at radius 2 is 2.12 bits per heavy atom. The first kappa shape index (κ1) is 21.5. The van der Waals surface area contributed by atoms with Crippen molar-refractivity contribution in [1.29, 1.82) is 0 Å². The molecule has 6 nitrogen and oxygen atoms in total. The Morgan fingerprint density at radius 1 is 1.36 bits per heavy atom. The summed E-state index contributed by atoms with van der Waals surface area (Å²) >= 11 is 0. The number of aliphatic imine (C=N–C) groups is 1. The van der Waals surface area contributed by atoms with E-state index in [9.17, 15) is 4.79 Å². The Kier molecular flexibility index (Phi) is 9.62. The fourth-order valence-corrected chi connectivity index (χ4v) is 2.93. The number of carbonyl (C=O) groups is 1. The van der Waals surface area contributed by atoms with Gasteiger partial charge < -0.3 is 20.3 Å². The number of piperidine rings is 1. The summed E-state index contributed by atoms with van der Waals surface area (Å²) in [5.41, 5.74) is 0.601. The number of nitrogens with one attached hydrogen (secondary N) is 2. The zero-order valence-corrected chi connectivity index (χ0v) is 17.6. The molecule has 0 saturated carbocycles. The summed E-state index contributed by atoms with van der Waals surface area (Å²) in [6, 6.07) is 7.14. The molecule has 0 spiro atoms. The fraction of sp³-hybridized carbons (Fsp3) is 0.556. The molecule has 1 heterocycles. The summed E-state index contributed by atoms with van der Waals surface area (Å²) in [4.78, 5) is 18.8. The average molecular weight is 460 g/mol. The molecular formula is C18H29IN4O2. The number of nitrogens with zero attached hydrogens (tertiary/aromatic N) is 2. The van der Waals surface area contributed by atoms with Crippen molar-refractivity contribution in [3.8, 4) is 5.75 Å². The van der Waals surface area contributed by atoms with Crippen LogP contribution in [0.1, 0.15) is 30.1 Å². The number of methoxy groups -OCH3 is 1. The Balaban J connectivity index is 0.00000312. The number of rotatable bonds is 5. The molecule has 1 saturated heterocycles. The van der Waals surface area contributed by atoms with Crippen molar-refractivity contribution >= 4 is 35.8 Å². The van der Waals surface area contributed by atoms with Crippen LogP contribution in [0.15, 0.2) is 29.3 Å². The summed E-state index contributed by atoms with van der Waals surface area (Å²) in [6.07, 6.45) is 2.48. The van der Waals surface area contributed by atoms with E-state index in [-0.39, 0.29) is 29.9 Å². The van der Waals surface area contributed by atoms with Crippen molar-refractivity contribution in [2.45, 2.75) is 19.8 Å². The number of likely N-dealkylation sites (tertiary alicyclic amines) is 1. The normalized spacial score (nSPS) is 17.5. The lowest BCUT2D eigenvalue weighted by Crippen LogP contribution is -2.47. The number of hydrogen-bond donors (Lipinski definition) is 2. The SMILES string of the molecule is CN=C(NCCNC(=O)c1cccc(OC)c1)N1CCCC(C)C1.I. The average Bonchev–Trinajstić information content (AvgIpc) is 2.61. The van der Waals surface area contributed by atoms with E-state index in [0.29, 0.717) is 30.3 Å². The van der Waals surface area contributed by atoms with Crippen LogP contribution >= 0.6 is 24.0 Å². The van der Waals surface area contributed by atoms with Crippen molar-refractivity contribution in [3.05, 3.63) is 29.8 Å². The highest BCUT2D eigenvalue weighted by molar-refractivity contribution is 14.0. The van der Waals surface area contributed by atoms with Gasteiger partial charge in [0.1, 0.15) is 5.75 Å².